The zero-order chi connectivity index (χ0) is 23.1. The van der Waals surface area contributed by atoms with Gasteiger partial charge in [0.25, 0.3) is 5.91 Å². The highest BCUT2D eigenvalue weighted by atomic mass is 32.2. The number of sulfonamides is 1. The van der Waals surface area contributed by atoms with Gasteiger partial charge in [0.15, 0.2) is 5.78 Å². The fraction of sp³-hybridized carbons (Fsp3) is 0.348. The van der Waals surface area contributed by atoms with Crippen LogP contribution in [0.1, 0.15) is 52.5 Å². The maximum Gasteiger partial charge on any atom is 0.251 e. The number of hydrogen-bond donors (Lipinski definition) is 2. The van der Waals surface area contributed by atoms with Gasteiger partial charge in [0.05, 0.1) is 4.90 Å². The highest BCUT2D eigenvalue weighted by Gasteiger charge is 2.18. The van der Waals surface area contributed by atoms with Gasteiger partial charge in [-0.1, -0.05) is 24.3 Å². The molecule has 170 valence electrons. The Morgan fingerprint density at radius 2 is 1.50 bits per heavy atom. The molecule has 3 rings (SSSR count). The second-order valence-electron chi connectivity index (χ2n) is 7.70. The molecule has 0 saturated carbocycles. The summed E-state index contributed by atoms with van der Waals surface area (Å²) in [4.78, 5) is 37.5. The second kappa shape index (κ2) is 10.5. The maximum absolute atomic E-state index is 12.4. The normalized spacial score (nSPS) is 13.7. The summed E-state index contributed by atoms with van der Waals surface area (Å²) in [6, 6.07) is 12.3. The number of Topliss-reactive ketones (excluding diaryl/α,β-unsaturated/α-hetero) is 1. The summed E-state index contributed by atoms with van der Waals surface area (Å²) < 4.78 is 27.4. The fourth-order valence-electron chi connectivity index (χ4n) is 3.41. The molecule has 1 fully saturated rings. The maximum atomic E-state index is 12.4. The molecule has 0 aromatic heterocycles. The van der Waals surface area contributed by atoms with Gasteiger partial charge in [-0.15, -0.1) is 0 Å². The Labute approximate surface area is 188 Å². The number of carbonyl (C=O) groups is 3. The van der Waals surface area contributed by atoms with Crippen molar-refractivity contribution >= 4 is 27.6 Å². The molecule has 0 unspecified atom stereocenters. The molecule has 9 heteroatoms. The van der Waals surface area contributed by atoms with Crippen LogP contribution in [0.3, 0.4) is 0 Å². The first-order chi connectivity index (χ1) is 15.3. The number of hydrogen-bond acceptors (Lipinski definition) is 5. The number of carbonyl (C=O) groups excluding carboxylic acids is 3. The first kappa shape index (κ1) is 23.6. The van der Waals surface area contributed by atoms with E-state index < -0.39 is 10.0 Å². The smallest absolute Gasteiger partial charge is 0.251 e. The van der Waals surface area contributed by atoms with Crippen LogP contribution in [0.4, 0.5) is 0 Å². The Bertz CT molecular complexity index is 1070. The number of rotatable bonds is 9. The summed E-state index contributed by atoms with van der Waals surface area (Å²) in [5, 5.41) is 2.74. The van der Waals surface area contributed by atoms with Crippen LogP contribution >= 0.6 is 0 Å². The molecule has 2 amide bonds. The largest absolute Gasteiger partial charge is 0.352 e. The van der Waals surface area contributed by atoms with Crippen LogP contribution in [-0.2, 0) is 21.4 Å². The van der Waals surface area contributed by atoms with E-state index in [4.69, 9.17) is 0 Å². The number of amides is 2. The van der Waals surface area contributed by atoms with Gasteiger partial charge in [-0.3, -0.25) is 14.4 Å². The zero-order valence-corrected chi connectivity index (χ0v) is 18.8. The second-order valence-corrected chi connectivity index (χ2v) is 9.46. The molecule has 8 nitrogen and oxygen atoms in total. The zero-order valence-electron chi connectivity index (χ0n) is 18.0. The molecule has 1 saturated heterocycles. The molecule has 2 N–H and O–H groups in total. The van der Waals surface area contributed by atoms with Crippen LogP contribution in [0.5, 0.6) is 0 Å². The SMILES string of the molecule is CC(=O)c1ccc(S(=O)(=O)NCc2ccc(C(=O)NCCC(=O)N3CCCC3)cc2)cc1. The summed E-state index contributed by atoms with van der Waals surface area (Å²) in [6.07, 6.45) is 2.35. The van der Waals surface area contributed by atoms with Crippen LogP contribution in [0, 0.1) is 0 Å². The van der Waals surface area contributed by atoms with Gasteiger partial charge in [-0.05, 0) is 49.6 Å². The number of nitrogens with one attached hydrogen (secondary N) is 2. The number of likely N-dealkylation sites (tertiary alicyclic amines) is 1. The molecule has 2 aromatic rings. The van der Waals surface area contributed by atoms with E-state index in [1.165, 1.54) is 31.2 Å². The minimum atomic E-state index is -3.73. The molecule has 32 heavy (non-hydrogen) atoms. The topological polar surface area (TPSA) is 113 Å². The fourth-order valence-corrected chi connectivity index (χ4v) is 4.43. The molecule has 0 aliphatic carbocycles. The van der Waals surface area contributed by atoms with Crippen molar-refractivity contribution in [3.8, 4) is 0 Å². The Balaban J connectivity index is 1.48. The molecule has 0 atom stereocenters. The molecule has 1 heterocycles. The lowest BCUT2D eigenvalue weighted by Crippen LogP contribution is -2.32. The van der Waals surface area contributed by atoms with E-state index in [0.29, 0.717) is 16.7 Å². The van der Waals surface area contributed by atoms with E-state index in [-0.39, 0.29) is 42.0 Å². The Morgan fingerprint density at radius 1 is 0.906 bits per heavy atom. The monoisotopic (exact) mass is 457 g/mol. The first-order valence-electron chi connectivity index (χ1n) is 10.5. The van der Waals surface area contributed by atoms with Gasteiger partial charge < -0.3 is 10.2 Å². The van der Waals surface area contributed by atoms with Crippen LogP contribution in [0.25, 0.3) is 0 Å². The Kier molecular flexibility index (Phi) is 7.76. The Morgan fingerprint density at radius 3 is 2.09 bits per heavy atom. The van der Waals surface area contributed by atoms with Crippen molar-refractivity contribution in [3.63, 3.8) is 0 Å². The molecule has 1 aliphatic heterocycles. The van der Waals surface area contributed by atoms with Crippen LogP contribution in [0.2, 0.25) is 0 Å². The molecular formula is C23H27N3O5S. The van der Waals surface area contributed by atoms with E-state index in [2.05, 4.69) is 10.0 Å². The van der Waals surface area contributed by atoms with Gasteiger partial charge in [0, 0.05) is 43.7 Å². The lowest BCUT2D eigenvalue weighted by atomic mass is 10.1. The van der Waals surface area contributed by atoms with Gasteiger partial charge in [-0.25, -0.2) is 13.1 Å². The minimum Gasteiger partial charge on any atom is -0.352 e. The van der Waals surface area contributed by atoms with Crippen LogP contribution < -0.4 is 10.0 Å². The summed E-state index contributed by atoms with van der Waals surface area (Å²) >= 11 is 0. The number of nitrogens with zero attached hydrogens (tertiary/aromatic N) is 1. The van der Waals surface area contributed by atoms with E-state index >= 15 is 0 Å². The highest BCUT2D eigenvalue weighted by Crippen LogP contribution is 2.13. The predicted octanol–water partition coefficient (Wildman–Crippen LogP) is 2.11. The van der Waals surface area contributed by atoms with Crippen molar-refractivity contribution in [2.45, 2.75) is 37.6 Å². The third kappa shape index (κ3) is 6.24. The van der Waals surface area contributed by atoms with E-state index in [9.17, 15) is 22.8 Å². The van der Waals surface area contributed by atoms with Gasteiger partial charge in [0.1, 0.15) is 0 Å². The van der Waals surface area contributed by atoms with Crippen LogP contribution in [-0.4, -0.2) is 50.5 Å². The lowest BCUT2D eigenvalue weighted by Gasteiger charge is -2.15. The summed E-state index contributed by atoms with van der Waals surface area (Å²) in [5.74, 6) is -0.359. The van der Waals surface area contributed by atoms with Crippen molar-refractivity contribution < 1.29 is 22.8 Å². The third-order valence-corrected chi connectivity index (χ3v) is 6.75. The molecular weight excluding hydrogens is 430 g/mol. The molecule has 2 aromatic carbocycles. The molecule has 0 spiro atoms. The highest BCUT2D eigenvalue weighted by molar-refractivity contribution is 7.89. The van der Waals surface area contributed by atoms with Crippen molar-refractivity contribution in [3.05, 3.63) is 65.2 Å². The average molecular weight is 458 g/mol. The van der Waals surface area contributed by atoms with Crippen molar-refractivity contribution in [2.75, 3.05) is 19.6 Å². The summed E-state index contributed by atoms with van der Waals surface area (Å²) in [6.45, 7) is 3.34. The van der Waals surface area contributed by atoms with Crippen LogP contribution in [0.15, 0.2) is 53.4 Å². The van der Waals surface area contributed by atoms with Gasteiger partial charge in [-0.2, -0.15) is 0 Å². The van der Waals surface area contributed by atoms with Crippen molar-refractivity contribution in [1.29, 1.82) is 0 Å². The van der Waals surface area contributed by atoms with Crippen molar-refractivity contribution in [2.24, 2.45) is 0 Å². The predicted molar refractivity (Wildman–Crippen MR) is 120 cm³/mol. The molecule has 0 bridgehead atoms. The van der Waals surface area contributed by atoms with E-state index in [1.54, 1.807) is 24.3 Å². The quantitative estimate of drug-likeness (QED) is 0.560. The lowest BCUT2D eigenvalue weighted by molar-refractivity contribution is -0.129. The number of ketones is 1. The molecule has 0 radical (unpaired) electrons. The average Bonchev–Trinajstić information content (AvgIpc) is 3.33. The Hall–Kier alpha value is -3.04. The summed E-state index contributed by atoms with van der Waals surface area (Å²) in [5.41, 5.74) is 1.57. The third-order valence-electron chi connectivity index (χ3n) is 5.34. The molecule has 1 aliphatic rings. The van der Waals surface area contributed by atoms with Crippen molar-refractivity contribution in [1.82, 2.24) is 14.9 Å². The standard InChI is InChI=1S/C23H27N3O5S/c1-17(27)19-8-10-21(11-9-19)32(30,31)25-16-18-4-6-20(7-5-18)23(29)24-13-12-22(28)26-14-2-3-15-26/h4-11,25H,2-3,12-16H2,1H3,(H,24,29). The van der Waals surface area contributed by atoms with Gasteiger partial charge in [0.2, 0.25) is 15.9 Å². The van der Waals surface area contributed by atoms with Gasteiger partial charge >= 0.3 is 0 Å². The number of benzene rings is 2. The van der Waals surface area contributed by atoms with E-state index in [0.717, 1.165) is 25.9 Å². The minimum absolute atomic E-state index is 0.0568. The first-order valence-corrected chi connectivity index (χ1v) is 12.0. The van der Waals surface area contributed by atoms with E-state index in [1.807, 2.05) is 4.90 Å². The summed E-state index contributed by atoms with van der Waals surface area (Å²) in [7, 11) is -3.73.